The molecule has 6 nitrogen and oxygen atoms in total. The number of nitrogens with one attached hydrogen (secondary N) is 1. The van der Waals surface area contributed by atoms with Crippen molar-refractivity contribution in [1.82, 2.24) is 0 Å². The molecule has 0 aliphatic carbocycles. The number of halogens is 1. The van der Waals surface area contributed by atoms with Crippen molar-refractivity contribution in [2.75, 3.05) is 5.32 Å². The highest BCUT2D eigenvalue weighted by atomic mass is 35.5. The van der Waals surface area contributed by atoms with Gasteiger partial charge < -0.3 is 9.73 Å². The van der Waals surface area contributed by atoms with Crippen molar-refractivity contribution in [2.24, 2.45) is 0 Å². The van der Waals surface area contributed by atoms with E-state index in [-0.39, 0.29) is 16.6 Å². The molecule has 1 unspecified atom stereocenters. The van der Waals surface area contributed by atoms with Crippen LogP contribution >= 0.6 is 23.4 Å². The summed E-state index contributed by atoms with van der Waals surface area (Å²) in [6.07, 6.45) is 1.58. The molecule has 2 aromatic carbocycles. The van der Waals surface area contributed by atoms with Crippen molar-refractivity contribution in [1.29, 1.82) is 0 Å². The van der Waals surface area contributed by atoms with Gasteiger partial charge in [-0.2, -0.15) is 0 Å². The Bertz CT molecular complexity index is 932. The number of nitrogens with zero attached hydrogens (tertiary/aromatic N) is 1. The predicted octanol–water partition coefficient (Wildman–Crippen LogP) is 5.45. The second-order valence-electron chi connectivity index (χ2n) is 5.59. The van der Waals surface area contributed by atoms with Crippen LogP contribution < -0.4 is 5.32 Å². The van der Waals surface area contributed by atoms with E-state index in [0.29, 0.717) is 11.4 Å². The number of amides is 1. The first-order chi connectivity index (χ1) is 13.0. The number of benzene rings is 2. The minimum Gasteiger partial charge on any atom is -0.468 e. The molecule has 0 fully saturated rings. The van der Waals surface area contributed by atoms with Gasteiger partial charge in [0.15, 0.2) is 0 Å². The third kappa shape index (κ3) is 4.90. The van der Waals surface area contributed by atoms with Crippen molar-refractivity contribution in [2.45, 2.75) is 11.0 Å². The first kappa shape index (κ1) is 19.0. The molecular formula is C19H15ClN2O4S. The van der Waals surface area contributed by atoms with E-state index in [1.807, 2.05) is 36.4 Å². The zero-order chi connectivity index (χ0) is 19.2. The van der Waals surface area contributed by atoms with E-state index >= 15 is 0 Å². The molecule has 138 valence electrons. The molecule has 0 aliphatic rings. The Morgan fingerprint density at radius 3 is 2.63 bits per heavy atom. The highest BCUT2D eigenvalue weighted by Gasteiger charge is 2.23. The minimum atomic E-state index is -0.585. The van der Waals surface area contributed by atoms with E-state index < -0.39 is 10.2 Å². The molecular weight excluding hydrogens is 388 g/mol. The zero-order valence-electron chi connectivity index (χ0n) is 14.0. The molecule has 1 N–H and O–H groups in total. The Balaban J connectivity index is 1.80. The van der Waals surface area contributed by atoms with Gasteiger partial charge in [-0.3, -0.25) is 14.9 Å². The summed E-state index contributed by atoms with van der Waals surface area (Å²) in [4.78, 5) is 23.3. The fraction of sp³-hybridized carbons (Fsp3) is 0.105. The maximum absolute atomic E-state index is 12.9. The highest BCUT2D eigenvalue weighted by molar-refractivity contribution is 7.99. The smallest absolute Gasteiger partial charge is 0.289 e. The van der Waals surface area contributed by atoms with Gasteiger partial charge >= 0.3 is 0 Å². The molecule has 1 atom stereocenters. The Morgan fingerprint density at radius 2 is 1.96 bits per heavy atom. The van der Waals surface area contributed by atoms with Gasteiger partial charge in [-0.05, 0) is 29.8 Å². The molecule has 1 heterocycles. The Morgan fingerprint density at radius 1 is 1.19 bits per heavy atom. The van der Waals surface area contributed by atoms with Gasteiger partial charge in [-0.25, -0.2) is 0 Å². The highest BCUT2D eigenvalue weighted by Crippen LogP contribution is 2.34. The molecule has 0 bridgehead atoms. The number of hydrogen-bond acceptors (Lipinski definition) is 5. The van der Waals surface area contributed by atoms with E-state index in [1.165, 1.54) is 30.0 Å². The summed E-state index contributed by atoms with van der Waals surface area (Å²) >= 11 is 7.23. The SMILES string of the molecule is O=C(Nc1ccc(Cl)c([N+](=O)[O-])c1)C(SCc1ccco1)c1ccccc1. The van der Waals surface area contributed by atoms with Gasteiger partial charge in [0.1, 0.15) is 16.0 Å². The molecule has 0 spiro atoms. The standard InChI is InChI=1S/C19H15ClN2O4S/c20-16-9-8-14(11-17(16)22(24)25)21-19(23)18(13-5-2-1-3-6-13)27-12-15-7-4-10-26-15/h1-11,18H,12H2,(H,21,23). The summed E-state index contributed by atoms with van der Waals surface area (Å²) in [7, 11) is 0. The third-order valence-corrected chi connectivity index (χ3v) is 5.31. The molecule has 0 saturated carbocycles. The number of nitro groups is 1. The number of carbonyl (C=O) groups is 1. The van der Waals surface area contributed by atoms with Crippen LogP contribution in [0, 0.1) is 10.1 Å². The molecule has 0 aliphatic heterocycles. The quantitative estimate of drug-likeness (QED) is 0.419. The average molecular weight is 403 g/mol. The van der Waals surface area contributed by atoms with Crippen LogP contribution in [0.1, 0.15) is 16.6 Å². The number of carbonyl (C=O) groups excluding carboxylic acids is 1. The van der Waals surface area contributed by atoms with Gasteiger partial charge in [0.2, 0.25) is 5.91 Å². The molecule has 0 saturated heterocycles. The van der Waals surface area contributed by atoms with Crippen LogP contribution in [0.25, 0.3) is 0 Å². The topological polar surface area (TPSA) is 85.4 Å². The van der Waals surface area contributed by atoms with Crippen LogP contribution in [0.4, 0.5) is 11.4 Å². The number of furan rings is 1. The maximum atomic E-state index is 12.9. The summed E-state index contributed by atoms with van der Waals surface area (Å²) in [6, 6.07) is 17.1. The van der Waals surface area contributed by atoms with Crippen LogP contribution in [-0.2, 0) is 10.5 Å². The number of hydrogen-bond donors (Lipinski definition) is 1. The van der Waals surface area contributed by atoms with Crippen molar-refractivity contribution >= 4 is 40.6 Å². The second-order valence-corrected chi connectivity index (χ2v) is 7.09. The fourth-order valence-corrected chi connectivity index (χ4v) is 3.69. The molecule has 1 amide bonds. The van der Waals surface area contributed by atoms with Crippen molar-refractivity contribution in [3.05, 3.63) is 93.4 Å². The summed E-state index contributed by atoms with van der Waals surface area (Å²) in [6.45, 7) is 0. The van der Waals surface area contributed by atoms with Gasteiger partial charge in [0.25, 0.3) is 5.69 Å². The monoisotopic (exact) mass is 402 g/mol. The molecule has 3 aromatic rings. The Labute approximate surface area is 164 Å². The van der Waals surface area contributed by atoms with Crippen molar-refractivity contribution < 1.29 is 14.1 Å². The number of rotatable bonds is 7. The van der Waals surface area contributed by atoms with Gasteiger partial charge in [0, 0.05) is 11.8 Å². The average Bonchev–Trinajstić information content (AvgIpc) is 3.18. The summed E-state index contributed by atoms with van der Waals surface area (Å²) in [5.74, 6) is 0.992. The fourth-order valence-electron chi connectivity index (χ4n) is 2.45. The van der Waals surface area contributed by atoms with E-state index in [9.17, 15) is 14.9 Å². The Kier molecular flexibility index (Phi) is 6.16. The van der Waals surface area contributed by atoms with Crippen LogP contribution in [0.15, 0.2) is 71.3 Å². The van der Waals surface area contributed by atoms with Crippen LogP contribution in [0.3, 0.4) is 0 Å². The first-order valence-corrected chi connectivity index (χ1v) is 9.41. The summed E-state index contributed by atoms with van der Waals surface area (Å²) in [5.41, 5.74) is 0.889. The van der Waals surface area contributed by atoms with E-state index in [0.717, 1.165) is 11.3 Å². The largest absolute Gasteiger partial charge is 0.468 e. The summed E-state index contributed by atoms with van der Waals surface area (Å²) < 4.78 is 5.33. The lowest BCUT2D eigenvalue weighted by molar-refractivity contribution is -0.384. The van der Waals surface area contributed by atoms with Gasteiger partial charge in [0.05, 0.1) is 16.9 Å². The molecule has 8 heteroatoms. The lowest BCUT2D eigenvalue weighted by atomic mass is 10.1. The lowest BCUT2D eigenvalue weighted by Crippen LogP contribution is -2.19. The summed E-state index contributed by atoms with van der Waals surface area (Å²) in [5, 5.41) is 13.3. The normalized spacial score (nSPS) is 11.7. The second kappa shape index (κ2) is 8.75. The van der Waals surface area contributed by atoms with Gasteiger partial charge in [-0.1, -0.05) is 41.9 Å². The zero-order valence-corrected chi connectivity index (χ0v) is 15.6. The van der Waals surface area contributed by atoms with Crippen molar-refractivity contribution in [3.8, 4) is 0 Å². The van der Waals surface area contributed by atoms with Crippen LogP contribution in [0.5, 0.6) is 0 Å². The lowest BCUT2D eigenvalue weighted by Gasteiger charge is -2.16. The van der Waals surface area contributed by atoms with E-state index in [4.69, 9.17) is 16.0 Å². The number of thioether (sulfide) groups is 1. The van der Waals surface area contributed by atoms with Crippen molar-refractivity contribution in [3.63, 3.8) is 0 Å². The maximum Gasteiger partial charge on any atom is 0.289 e. The molecule has 0 radical (unpaired) electrons. The first-order valence-electron chi connectivity index (χ1n) is 7.98. The van der Waals surface area contributed by atoms with Crippen LogP contribution in [0.2, 0.25) is 5.02 Å². The predicted molar refractivity (Wildman–Crippen MR) is 106 cm³/mol. The number of anilines is 1. The van der Waals surface area contributed by atoms with E-state index in [2.05, 4.69) is 5.32 Å². The molecule has 1 aromatic heterocycles. The van der Waals surface area contributed by atoms with Gasteiger partial charge in [-0.15, -0.1) is 11.8 Å². The Hall–Kier alpha value is -2.77. The number of nitro benzene ring substituents is 1. The van der Waals surface area contributed by atoms with Crippen LogP contribution in [-0.4, -0.2) is 10.8 Å². The minimum absolute atomic E-state index is 0.0183. The molecule has 3 rings (SSSR count). The third-order valence-electron chi connectivity index (χ3n) is 3.72. The van der Waals surface area contributed by atoms with E-state index in [1.54, 1.807) is 12.3 Å². The molecule has 27 heavy (non-hydrogen) atoms.